The predicted octanol–water partition coefficient (Wildman–Crippen LogP) is 1.81. The number of rotatable bonds is 4. The van der Waals surface area contributed by atoms with Gasteiger partial charge in [0.2, 0.25) is 11.6 Å². The van der Waals surface area contributed by atoms with Crippen LogP contribution in [0.3, 0.4) is 0 Å². The van der Waals surface area contributed by atoms with Gasteiger partial charge in [0, 0.05) is 12.8 Å². The van der Waals surface area contributed by atoms with Crippen LogP contribution in [0.2, 0.25) is 0 Å². The van der Waals surface area contributed by atoms with E-state index in [1.807, 2.05) is 0 Å². The standard InChI is InChI=1S/C10H18O6/c1-9(13-8-14-16-9)7-12-10(15-11)5-3-2-4-6-10/h11H,2-8H2,1H3. The Labute approximate surface area is 94.2 Å². The Morgan fingerprint density at radius 1 is 1.25 bits per heavy atom. The Morgan fingerprint density at radius 3 is 2.56 bits per heavy atom. The summed E-state index contributed by atoms with van der Waals surface area (Å²) in [6.45, 7) is 1.97. The number of hydrogen-bond donors (Lipinski definition) is 1. The van der Waals surface area contributed by atoms with Crippen molar-refractivity contribution >= 4 is 0 Å². The molecule has 1 saturated carbocycles. The molecule has 0 aromatic carbocycles. The van der Waals surface area contributed by atoms with Crippen LogP contribution in [0.25, 0.3) is 0 Å². The Hall–Kier alpha value is -0.240. The molecule has 0 spiro atoms. The van der Waals surface area contributed by atoms with Gasteiger partial charge in [0.15, 0.2) is 6.79 Å². The summed E-state index contributed by atoms with van der Waals surface area (Å²) in [7, 11) is 0. The fraction of sp³-hybridized carbons (Fsp3) is 1.00. The summed E-state index contributed by atoms with van der Waals surface area (Å²) in [5.41, 5.74) is 0. The van der Waals surface area contributed by atoms with Crippen molar-refractivity contribution in [2.75, 3.05) is 13.4 Å². The zero-order valence-corrected chi connectivity index (χ0v) is 9.44. The molecule has 94 valence electrons. The van der Waals surface area contributed by atoms with Gasteiger partial charge in [-0.2, -0.15) is 4.89 Å². The van der Waals surface area contributed by atoms with Crippen LogP contribution in [0, 0.1) is 0 Å². The second-order valence-corrected chi connectivity index (χ2v) is 4.45. The van der Waals surface area contributed by atoms with Gasteiger partial charge in [-0.25, -0.2) is 15.0 Å². The monoisotopic (exact) mass is 234 g/mol. The second-order valence-electron chi connectivity index (χ2n) is 4.45. The molecule has 6 nitrogen and oxygen atoms in total. The molecular formula is C10H18O6. The minimum Gasteiger partial charge on any atom is -0.342 e. The summed E-state index contributed by atoms with van der Waals surface area (Å²) >= 11 is 0. The van der Waals surface area contributed by atoms with Gasteiger partial charge in [-0.1, -0.05) is 6.42 Å². The summed E-state index contributed by atoms with van der Waals surface area (Å²) < 4.78 is 10.8. The lowest BCUT2D eigenvalue weighted by Gasteiger charge is -2.35. The molecule has 1 aliphatic carbocycles. The van der Waals surface area contributed by atoms with Gasteiger partial charge in [-0.05, 0) is 19.8 Å². The molecule has 1 aliphatic heterocycles. The average molecular weight is 234 g/mol. The molecule has 1 saturated heterocycles. The van der Waals surface area contributed by atoms with Crippen LogP contribution < -0.4 is 0 Å². The molecule has 0 bridgehead atoms. The Morgan fingerprint density at radius 2 is 2.00 bits per heavy atom. The lowest BCUT2D eigenvalue weighted by atomic mass is 9.94. The van der Waals surface area contributed by atoms with Crippen molar-refractivity contribution in [1.82, 2.24) is 0 Å². The number of ether oxygens (including phenoxy) is 2. The predicted molar refractivity (Wildman–Crippen MR) is 52.0 cm³/mol. The fourth-order valence-electron chi connectivity index (χ4n) is 2.00. The van der Waals surface area contributed by atoms with Crippen molar-refractivity contribution in [3.05, 3.63) is 0 Å². The van der Waals surface area contributed by atoms with E-state index in [0.717, 1.165) is 19.3 Å². The lowest BCUT2D eigenvalue weighted by molar-refractivity contribution is -0.427. The number of hydrogen-bond acceptors (Lipinski definition) is 6. The highest BCUT2D eigenvalue weighted by Gasteiger charge is 2.40. The van der Waals surface area contributed by atoms with Crippen LogP contribution in [-0.4, -0.2) is 30.2 Å². The van der Waals surface area contributed by atoms with Gasteiger partial charge in [-0.15, -0.1) is 0 Å². The quantitative estimate of drug-likeness (QED) is 0.454. The van der Waals surface area contributed by atoms with Crippen LogP contribution in [0.1, 0.15) is 39.0 Å². The van der Waals surface area contributed by atoms with Crippen molar-refractivity contribution < 1.29 is 29.4 Å². The Bertz CT molecular complexity index is 219. The summed E-state index contributed by atoms with van der Waals surface area (Å²) in [5.74, 6) is -1.82. The summed E-state index contributed by atoms with van der Waals surface area (Å²) in [5, 5.41) is 8.96. The molecule has 1 atom stereocenters. The molecule has 0 amide bonds. The van der Waals surface area contributed by atoms with Crippen molar-refractivity contribution in [3.8, 4) is 0 Å². The molecule has 0 aromatic heterocycles. The molecule has 6 heteroatoms. The van der Waals surface area contributed by atoms with E-state index < -0.39 is 11.6 Å². The van der Waals surface area contributed by atoms with E-state index in [1.165, 1.54) is 0 Å². The third-order valence-electron chi connectivity index (χ3n) is 3.03. The highest BCUT2D eigenvalue weighted by molar-refractivity contribution is 4.75. The summed E-state index contributed by atoms with van der Waals surface area (Å²) in [6.07, 6.45) is 4.47. The highest BCUT2D eigenvalue weighted by atomic mass is 17.3. The van der Waals surface area contributed by atoms with Crippen LogP contribution in [0.5, 0.6) is 0 Å². The van der Waals surface area contributed by atoms with Gasteiger partial charge in [0.25, 0.3) is 0 Å². The maximum absolute atomic E-state index is 8.96. The van der Waals surface area contributed by atoms with Crippen molar-refractivity contribution in [3.63, 3.8) is 0 Å². The van der Waals surface area contributed by atoms with E-state index in [9.17, 15) is 0 Å². The first-order chi connectivity index (χ1) is 7.68. The third kappa shape index (κ3) is 2.71. The van der Waals surface area contributed by atoms with Crippen molar-refractivity contribution in [1.29, 1.82) is 0 Å². The van der Waals surface area contributed by atoms with Gasteiger partial charge < -0.3 is 9.47 Å². The highest BCUT2D eigenvalue weighted by Crippen LogP contribution is 2.33. The smallest absolute Gasteiger partial charge is 0.224 e. The first kappa shape index (κ1) is 12.2. The zero-order valence-electron chi connectivity index (χ0n) is 9.44. The summed E-state index contributed by atoms with van der Waals surface area (Å²) in [4.78, 5) is 14.1. The largest absolute Gasteiger partial charge is 0.342 e. The summed E-state index contributed by atoms with van der Waals surface area (Å²) in [6, 6.07) is 0. The second kappa shape index (κ2) is 4.95. The van der Waals surface area contributed by atoms with E-state index in [4.69, 9.17) is 19.6 Å². The zero-order chi connectivity index (χ0) is 11.5. The topological polar surface area (TPSA) is 66.4 Å². The van der Waals surface area contributed by atoms with Crippen molar-refractivity contribution in [2.24, 2.45) is 0 Å². The molecule has 1 unspecified atom stereocenters. The molecule has 1 heterocycles. The average Bonchev–Trinajstić information content (AvgIpc) is 2.76. The van der Waals surface area contributed by atoms with Crippen LogP contribution in [0.4, 0.5) is 0 Å². The Kier molecular flexibility index (Phi) is 3.78. The van der Waals surface area contributed by atoms with Crippen molar-refractivity contribution in [2.45, 2.75) is 50.6 Å². The SMILES string of the molecule is CC1(COC2(OO)CCCCC2)OCOO1. The van der Waals surface area contributed by atoms with E-state index in [2.05, 4.69) is 9.78 Å². The van der Waals surface area contributed by atoms with E-state index in [1.54, 1.807) is 6.92 Å². The normalized spacial score (nSPS) is 34.1. The van der Waals surface area contributed by atoms with E-state index >= 15 is 0 Å². The first-order valence-electron chi connectivity index (χ1n) is 5.59. The van der Waals surface area contributed by atoms with Gasteiger partial charge in [0.1, 0.15) is 6.61 Å². The first-order valence-corrected chi connectivity index (χ1v) is 5.59. The van der Waals surface area contributed by atoms with E-state index in [0.29, 0.717) is 12.8 Å². The minimum absolute atomic E-state index is 0.0901. The molecule has 0 radical (unpaired) electrons. The van der Waals surface area contributed by atoms with E-state index in [-0.39, 0.29) is 13.4 Å². The van der Waals surface area contributed by atoms with Crippen LogP contribution >= 0.6 is 0 Å². The molecule has 2 fully saturated rings. The maximum atomic E-state index is 8.96. The van der Waals surface area contributed by atoms with Crippen LogP contribution in [0.15, 0.2) is 0 Å². The molecular weight excluding hydrogens is 216 g/mol. The lowest BCUT2D eigenvalue weighted by Crippen LogP contribution is -2.43. The van der Waals surface area contributed by atoms with Crippen LogP contribution in [-0.2, 0) is 24.1 Å². The molecule has 1 N–H and O–H groups in total. The van der Waals surface area contributed by atoms with Gasteiger partial charge >= 0.3 is 0 Å². The fourth-order valence-corrected chi connectivity index (χ4v) is 2.00. The molecule has 16 heavy (non-hydrogen) atoms. The molecule has 0 aromatic rings. The maximum Gasteiger partial charge on any atom is 0.224 e. The molecule has 2 rings (SSSR count). The minimum atomic E-state index is -0.914. The molecule has 2 aliphatic rings. The van der Waals surface area contributed by atoms with Gasteiger partial charge in [0.05, 0.1) is 0 Å². The van der Waals surface area contributed by atoms with Gasteiger partial charge in [-0.3, -0.25) is 0 Å². The third-order valence-corrected chi connectivity index (χ3v) is 3.03. The Balaban J connectivity index is 1.86.